The van der Waals surface area contributed by atoms with Gasteiger partial charge < -0.3 is 13.7 Å². The van der Waals surface area contributed by atoms with Crippen LogP contribution in [0.25, 0.3) is 77.2 Å². The number of oxazole rings is 1. The molecule has 4 nitrogen and oxygen atoms in total. The Hall–Kier alpha value is -6.65. The molecular formula is C45H28N2O2. The molecule has 10 rings (SSSR count). The molecule has 0 saturated heterocycles. The molecule has 0 unspecified atom stereocenters. The standard InChI is InChI=1S/C45H28N2O2/c1-2-12-32(13-3-1)47(33-26-23-30(24-27-33)35-17-10-18-37-36-15-7-9-20-40(36)48-44(35)37)39-19-8-6-16-38(39)45-46-43-41(49-45)28-25-31-22-21-29-11-4-5-14-34(29)42(31)43/h1-28H. The van der Waals surface area contributed by atoms with Crippen LogP contribution in [0.4, 0.5) is 17.1 Å². The number of anilines is 3. The quantitative estimate of drug-likeness (QED) is 0.178. The lowest BCUT2D eigenvalue weighted by Gasteiger charge is -2.27. The molecule has 8 aromatic carbocycles. The molecule has 0 atom stereocenters. The minimum absolute atomic E-state index is 0.583. The lowest BCUT2D eigenvalue weighted by atomic mass is 10.0. The predicted octanol–water partition coefficient (Wildman–Crippen LogP) is 12.8. The summed E-state index contributed by atoms with van der Waals surface area (Å²) < 4.78 is 12.9. The summed E-state index contributed by atoms with van der Waals surface area (Å²) in [5.41, 5.74) is 9.53. The van der Waals surface area contributed by atoms with Gasteiger partial charge in [0.25, 0.3) is 0 Å². The highest BCUT2D eigenvalue weighted by molar-refractivity contribution is 6.18. The van der Waals surface area contributed by atoms with E-state index >= 15 is 0 Å². The highest BCUT2D eigenvalue weighted by Gasteiger charge is 2.21. The summed E-state index contributed by atoms with van der Waals surface area (Å²) in [7, 11) is 0. The fourth-order valence-electron chi connectivity index (χ4n) is 7.21. The average molecular weight is 629 g/mol. The molecule has 0 aliphatic heterocycles. The molecule has 10 aromatic rings. The summed E-state index contributed by atoms with van der Waals surface area (Å²) in [6.07, 6.45) is 0. The summed E-state index contributed by atoms with van der Waals surface area (Å²) in [4.78, 5) is 7.46. The van der Waals surface area contributed by atoms with Crippen LogP contribution >= 0.6 is 0 Å². The number of hydrogen-bond donors (Lipinski definition) is 0. The fourth-order valence-corrected chi connectivity index (χ4v) is 7.21. The van der Waals surface area contributed by atoms with Crippen LogP contribution in [0, 0.1) is 0 Å². The van der Waals surface area contributed by atoms with Crippen molar-refractivity contribution in [3.63, 3.8) is 0 Å². The molecular weight excluding hydrogens is 601 g/mol. The Morgan fingerprint density at radius 2 is 1.10 bits per heavy atom. The third kappa shape index (κ3) is 4.42. The van der Waals surface area contributed by atoms with E-state index in [1.807, 2.05) is 30.3 Å². The van der Waals surface area contributed by atoms with E-state index in [0.717, 1.165) is 77.6 Å². The van der Waals surface area contributed by atoms with Gasteiger partial charge in [-0.05, 0) is 70.3 Å². The van der Waals surface area contributed by atoms with E-state index < -0.39 is 0 Å². The third-order valence-corrected chi connectivity index (χ3v) is 9.50. The molecule has 230 valence electrons. The smallest absolute Gasteiger partial charge is 0.229 e. The van der Waals surface area contributed by atoms with Crippen LogP contribution in [0.5, 0.6) is 0 Å². The Labute approximate surface area is 282 Å². The average Bonchev–Trinajstić information content (AvgIpc) is 3.78. The van der Waals surface area contributed by atoms with Crippen molar-refractivity contribution in [3.05, 3.63) is 170 Å². The van der Waals surface area contributed by atoms with Gasteiger partial charge in [0.15, 0.2) is 5.58 Å². The maximum Gasteiger partial charge on any atom is 0.229 e. The maximum absolute atomic E-state index is 6.57. The molecule has 0 N–H and O–H groups in total. The second-order valence-electron chi connectivity index (χ2n) is 12.3. The minimum atomic E-state index is 0.583. The molecule has 0 saturated carbocycles. The van der Waals surface area contributed by atoms with Crippen molar-refractivity contribution in [2.45, 2.75) is 0 Å². The number of aromatic nitrogens is 1. The van der Waals surface area contributed by atoms with Gasteiger partial charge in [-0.2, -0.15) is 0 Å². The van der Waals surface area contributed by atoms with E-state index in [-0.39, 0.29) is 0 Å². The number of benzene rings is 8. The largest absolute Gasteiger partial charge is 0.455 e. The first-order chi connectivity index (χ1) is 24.3. The van der Waals surface area contributed by atoms with E-state index in [1.165, 1.54) is 10.8 Å². The highest BCUT2D eigenvalue weighted by atomic mass is 16.3. The number of rotatable bonds is 5. The molecule has 0 amide bonds. The lowest BCUT2D eigenvalue weighted by Crippen LogP contribution is -2.11. The summed E-state index contributed by atoms with van der Waals surface area (Å²) in [5.74, 6) is 0.583. The molecule has 2 aromatic heterocycles. The van der Waals surface area contributed by atoms with Gasteiger partial charge in [0.2, 0.25) is 5.89 Å². The van der Waals surface area contributed by atoms with Crippen molar-refractivity contribution in [3.8, 4) is 22.6 Å². The molecule has 0 aliphatic rings. The highest BCUT2D eigenvalue weighted by Crippen LogP contribution is 2.43. The van der Waals surface area contributed by atoms with Crippen molar-refractivity contribution in [1.29, 1.82) is 0 Å². The SMILES string of the molecule is c1ccc(N(c2ccc(-c3cccc4c3oc3ccccc34)cc2)c2ccccc2-c2nc3c(ccc4ccc5ccccc5c43)o2)cc1. The van der Waals surface area contributed by atoms with E-state index in [0.29, 0.717) is 5.89 Å². The van der Waals surface area contributed by atoms with Gasteiger partial charge in [0.05, 0.1) is 11.3 Å². The third-order valence-electron chi connectivity index (χ3n) is 9.50. The first-order valence-electron chi connectivity index (χ1n) is 16.5. The first kappa shape index (κ1) is 27.5. The second-order valence-corrected chi connectivity index (χ2v) is 12.3. The summed E-state index contributed by atoms with van der Waals surface area (Å²) in [5, 5.41) is 6.85. The topological polar surface area (TPSA) is 42.4 Å². The molecule has 0 fully saturated rings. The summed E-state index contributed by atoms with van der Waals surface area (Å²) in [6, 6.07) is 59.0. The number of nitrogens with zero attached hydrogens (tertiary/aromatic N) is 2. The van der Waals surface area contributed by atoms with Crippen molar-refractivity contribution < 1.29 is 8.83 Å². The maximum atomic E-state index is 6.57. The van der Waals surface area contributed by atoms with E-state index in [1.54, 1.807) is 0 Å². The van der Waals surface area contributed by atoms with Gasteiger partial charge in [-0.3, -0.25) is 0 Å². The minimum Gasteiger partial charge on any atom is -0.455 e. The summed E-state index contributed by atoms with van der Waals surface area (Å²) in [6.45, 7) is 0. The Morgan fingerprint density at radius 1 is 0.429 bits per heavy atom. The Balaban J connectivity index is 1.12. The van der Waals surface area contributed by atoms with Crippen molar-refractivity contribution in [2.75, 3.05) is 4.90 Å². The number of para-hydroxylation sites is 4. The number of fused-ring (bicyclic) bond motifs is 8. The van der Waals surface area contributed by atoms with Crippen LogP contribution < -0.4 is 4.90 Å². The van der Waals surface area contributed by atoms with E-state index in [4.69, 9.17) is 13.8 Å². The zero-order valence-corrected chi connectivity index (χ0v) is 26.4. The summed E-state index contributed by atoms with van der Waals surface area (Å²) >= 11 is 0. The second kappa shape index (κ2) is 11.0. The van der Waals surface area contributed by atoms with Gasteiger partial charge in [-0.15, -0.1) is 0 Å². The normalized spacial score (nSPS) is 11.7. The van der Waals surface area contributed by atoms with Gasteiger partial charge in [-0.25, -0.2) is 4.98 Å². The molecule has 0 bridgehead atoms. The van der Waals surface area contributed by atoms with E-state index in [2.05, 4.69) is 144 Å². The Kier molecular flexibility index (Phi) is 6.15. The lowest BCUT2D eigenvalue weighted by molar-refractivity contribution is 0.620. The van der Waals surface area contributed by atoms with Gasteiger partial charge in [0, 0.05) is 33.1 Å². The van der Waals surface area contributed by atoms with Crippen molar-refractivity contribution in [2.24, 2.45) is 0 Å². The van der Waals surface area contributed by atoms with Crippen LogP contribution in [0.1, 0.15) is 0 Å². The monoisotopic (exact) mass is 628 g/mol. The van der Waals surface area contributed by atoms with Crippen LogP contribution in [-0.2, 0) is 0 Å². The van der Waals surface area contributed by atoms with Gasteiger partial charge in [0.1, 0.15) is 16.7 Å². The van der Waals surface area contributed by atoms with Crippen LogP contribution in [-0.4, -0.2) is 4.98 Å². The zero-order valence-electron chi connectivity index (χ0n) is 26.4. The molecule has 0 aliphatic carbocycles. The van der Waals surface area contributed by atoms with Crippen molar-refractivity contribution in [1.82, 2.24) is 4.98 Å². The molecule has 2 heterocycles. The predicted molar refractivity (Wildman–Crippen MR) is 202 cm³/mol. The molecule has 49 heavy (non-hydrogen) atoms. The Morgan fingerprint density at radius 3 is 2.00 bits per heavy atom. The molecule has 0 spiro atoms. The molecule has 0 radical (unpaired) electrons. The first-order valence-corrected chi connectivity index (χ1v) is 16.5. The Bertz CT molecular complexity index is 2830. The van der Waals surface area contributed by atoms with E-state index in [9.17, 15) is 0 Å². The van der Waals surface area contributed by atoms with Crippen LogP contribution in [0.3, 0.4) is 0 Å². The van der Waals surface area contributed by atoms with Crippen LogP contribution in [0.15, 0.2) is 179 Å². The number of furan rings is 1. The van der Waals surface area contributed by atoms with Crippen LogP contribution in [0.2, 0.25) is 0 Å². The van der Waals surface area contributed by atoms with Gasteiger partial charge >= 0.3 is 0 Å². The zero-order chi connectivity index (χ0) is 32.3. The number of hydrogen-bond acceptors (Lipinski definition) is 4. The molecule has 4 heteroatoms. The fraction of sp³-hybridized carbons (Fsp3) is 0. The van der Waals surface area contributed by atoms with Crippen molar-refractivity contribution >= 4 is 71.6 Å². The van der Waals surface area contributed by atoms with Gasteiger partial charge in [-0.1, -0.05) is 121 Å².